The number of hydrogen-bond donors (Lipinski definition) is 2. The Hall–Kier alpha value is -5.62. The Morgan fingerprint density at radius 2 is 1.82 bits per heavy atom. The molecule has 5 rings (SSSR count). The molecule has 0 saturated carbocycles. The summed E-state index contributed by atoms with van der Waals surface area (Å²) in [5, 5.41) is 21.9. The molecule has 0 spiro atoms. The van der Waals surface area contributed by atoms with E-state index in [0.717, 1.165) is 5.56 Å². The predicted molar refractivity (Wildman–Crippen MR) is 165 cm³/mol. The van der Waals surface area contributed by atoms with Crippen molar-refractivity contribution in [2.24, 2.45) is 7.05 Å². The van der Waals surface area contributed by atoms with E-state index in [4.69, 9.17) is 11.6 Å². The lowest BCUT2D eigenvalue weighted by molar-refractivity contribution is -0.117. The number of hydrogen-bond acceptors (Lipinski definition) is 8. The fourth-order valence-corrected chi connectivity index (χ4v) is 4.69. The van der Waals surface area contributed by atoms with Gasteiger partial charge in [-0.15, -0.1) is 5.10 Å². The van der Waals surface area contributed by atoms with E-state index >= 15 is 0 Å². The van der Waals surface area contributed by atoms with Gasteiger partial charge in [0.15, 0.2) is 0 Å². The molecule has 2 amide bonds. The van der Waals surface area contributed by atoms with E-state index in [1.165, 1.54) is 28.9 Å². The van der Waals surface area contributed by atoms with Crippen LogP contribution in [0, 0.1) is 0 Å². The van der Waals surface area contributed by atoms with Gasteiger partial charge in [-0.25, -0.2) is 9.48 Å². The molecule has 13 heteroatoms. The van der Waals surface area contributed by atoms with Crippen LogP contribution in [0.2, 0.25) is 5.02 Å². The lowest BCUT2D eigenvalue weighted by Crippen LogP contribution is -2.32. The van der Waals surface area contributed by atoms with Gasteiger partial charge in [0.2, 0.25) is 5.91 Å². The van der Waals surface area contributed by atoms with Crippen molar-refractivity contribution in [1.82, 2.24) is 35.3 Å². The van der Waals surface area contributed by atoms with E-state index in [1.54, 1.807) is 61.7 Å². The normalized spacial score (nSPS) is 11.7. The van der Waals surface area contributed by atoms with E-state index in [9.17, 15) is 14.4 Å². The molecule has 2 N–H and O–H groups in total. The smallest absolute Gasteiger partial charge is 0.411 e. The van der Waals surface area contributed by atoms with Crippen LogP contribution in [0.25, 0.3) is 22.9 Å². The highest BCUT2D eigenvalue weighted by Crippen LogP contribution is 2.24. The highest BCUT2D eigenvalue weighted by Gasteiger charge is 2.20. The summed E-state index contributed by atoms with van der Waals surface area (Å²) >= 11 is 6.22. The minimum Gasteiger partial charge on any atom is -0.453 e. The standard InChI is InChI=1S/C31H27ClN8O4/c1-39-30(42)25(21-8-12-24(13-9-21)34-31(43)44-2)18-27(36-39)26(16-20-6-4-3-5-7-20)35-29(41)15-10-22-17-23(32)11-14-28(22)40-19-33-37-38-40/h3-15,17-19,26H,16H2,1-2H3,(H,34,43)(H,35,41)/b15-10+/t26-/m0/s1. The molecule has 3 aromatic carbocycles. The fourth-order valence-electron chi connectivity index (χ4n) is 4.51. The Morgan fingerprint density at radius 1 is 1.05 bits per heavy atom. The number of aromatic nitrogens is 6. The maximum absolute atomic E-state index is 13.3. The number of halogens is 1. The number of nitrogens with one attached hydrogen (secondary N) is 2. The number of amides is 2. The van der Waals surface area contributed by atoms with Crippen molar-refractivity contribution in [3.05, 3.63) is 123 Å². The van der Waals surface area contributed by atoms with E-state index < -0.39 is 12.1 Å². The summed E-state index contributed by atoms with van der Waals surface area (Å²) in [5.41, 5.74) is 3.92. The van der Waals surface area contributed by atoms with Crippen molar-refractivity contribution in [3.8, 4) is 16.8 Å². The summed E-state index contributed by atoms with van der Waals surface area (Å²) in [5.74, 6) is -0.385. The van der Waals surface area contributed by atoms with Crippen molar-refractivity contribution >= 4 is 35.4 Å². The zero-order valence-corrected chi connectivity index (χ0v) is 24.5. The fraction of sp³-hybridized carbons (Fsp3) is 0.129. The summed E-state index contributed by atoms with van der Waals surface area (Å²) in [4.78, 5) is 38.0. The zero-order chi connectivity index (χ0) is 31.1. The third kappa shape index (κ3) is 7.23. The predicted octanol–water partition coefficient (Wildman–Crippen LogP) is 4.37. The molecular formula is C31H27ClN8O4. The number of tetrazole rings is 1. The molecule has 5 aromatic rings. The lowest BCUT2D eigenvalue weighted by atomic mass is 10.00. The van der Waals surface area contributed by atoms with Crippen LogP contribution in [0.15, 0.2) is 96.1 Å². The van der Waals surface area contributed by atoms with E-state index in [0.29, 0.717) is 45.2 Å². The summed E-state index contributed by atoms with van der Waals surface area (Å²) in [6.45, 7) is 0. The monoisotopic (exact) mass is 610 g/mol. The summed E-state index contributed by atoms with van der Waals surface area (Å²) in [6, 6.07) is 22.7. The first-order chi connectivity index (χ1) is 21.3. The molecule has 1 atom stereocenters. The first-order valence-corrected chi connectivity index (χ1v) is 13.8. The van der Waals surface area contributed by atoms with Crippen LogP contribution in [-0.2, 0) is 23.0 Å². The topological polar surface area (TPSA) is 146 Å². The Kier molecular flexibility index (Phi) is 9.21. The van der Waals surface area contributed by atoms with Gasteiger partial charge in [-0.2, -0.15) is 9.78 Å². The van der Waals surface area contributed by atoms with Gasteiger partial charge in [0.05, 0.1) is 30.1 Å². The summed E-state index contributed by atoms with van der Waals surface area (Å²) < 4.78 is 7.35. The molecular weight excluding hydrogens is 584 g/mol. The molecule has 0 saturated heterocycles. The van der Waals surface area contributed by atoms with Gasteiger partial charge in [0.25, 0.3) is 5.56 Å². The number of aryl methyl sites for hydroxylation is 1. The number of methoxy groups -OCH3 is 1. The second-order valence-electron chi connectivity index (χ2n) is 9.65. The number of carbonyl (C=O) groups is 2. The van der Waals surface area contributed by atoms with Gasteiger partial charge in [-0.1, -0.05) is 54.1 Å². The number of rotatable bonds is 9. The number of nitrogens with zero attached hydrogens (tertiary/aromatic N) is 6. The lowest BCUT2D eigenvalue weighted by Gasteiger charge is -2.19. The molecule has 2 aromatic heterocycles. The number of anilines is 1. The van der Waals surface area contributed by atoms with Gasteiger partial charge in [-0.05, 0) is 70.4 Å². The highest BCUT2D eigenvalue weighted by atomic mass is 35.5. The molecule has 0 bridgehead atoms. The molecule has 0 unspecified atom stereocenters. The third-order valence-electron chi connectivity index (χ3n) is 6.67. The molecule has 0 radical (unpaired) electrons. The van der Waals surface area contributed by atoms with E-state index in [2.05, 4.69) is 36.0 Å². The quantitative estimate of drug-likeness (QED) is 0.234. The summed E-state index contributed by atoms with van der Waals surface area (Å²) in [6.07, 6.45) is 4.28. The first-order valence-electron chi connectivity index (χ1n) is 13.4. The highest BCUT2D eigenvalue weighted by molar-refractivity contribution is 6.30. The average molecular weight is 611 g/mol. The van der Waals surface area contributed by atoms with Crippen LogP contribution >= 0.6 is 11.6 Å². The third-order valence-corrected chi connectivity index (χ3v) is 6.90. The number of benzene rings is 3. The van der Waals surface area contributed by atoms with Crippen LogP contribution in [-0.4, -0.2) is 49.1 Å². The SMILES string of the molecule is COC(=O)Nc1ccc(-c2cc([C@H](Cc3ccccc3)NC(=O)/C=C/c3cc(Cl)ccc3-n3cnnn3)nn(C)c2=O)cc1. The molecule has 2 heterocycles. The van der Waals surface area contributed by atoms with Crippen LogP contribution in [0.5, 0.6) is 0 Å². The minimum absolute atomic E-state index is 0.316. The molecule has 0 fully saturated rings. The van der Waals surface area contributed by atoms with Crippen LogP contribution in [0.1, 0.15) is 22.9 Å². The second kappa shape index (κ2) is 13.6. The maximum Gasteiger partial charge on any atom is 0.411 e. The molecule has 12 nitrogen and oxygen atoms in total. The van der Waals surface area contributed by atoms with Crippen molar-refractivity contribution in [2.75, 3.05) is 12.4 Å². The zero-order valence-electron chi connectivity index (χ0n) is 23.7. The number of ether oxygens (including phenoxy) is 1. The number of carbonyl (C=O) groups excluding carboxylic acids is 2. The molecule has 222 valence electrons. The maximum atomic E-state index is 13.3. The van der Waals surface area contributed by atoms with Gasteiger partial charge >= 0.3 is 6.09 Å². The van der Waals surface area contributed by atoms with Crippen molar-refractivity contribution < 1.29 is 14.3 Å². The summed E-state index contributed by atoms with van der Waals surface area (Å²) in [7, 11) is 2.83. The Balaban J connectivity index is 1.46. The van der Waals surface area contributed by atoms with Gasteiger partial charge in [0.1, 0.15) is 6.33 Å². The second-order valence-corrected chi connectivity index (χ2v) is 10.1. The first kappa shape index (κ1) is 29.9. The van der Waals surface area contributed by atoms with E-state index in [1.807, 2.05) is 30.3 Å². The molecule has 44 heavy (non-hydrogen) atoms. The minimum atomic E-state index is -0.601. The Morgan fingerprint density at radius 3 is 2.52 bits per heavy atom. The van der Waals surface area contributed by atoms with E-state index in [-0.39, 0.29) is 11.5 Å². The van der Waals surface area contributed by atoms with Crippen molar-refractivity contribution in [2.45, 2.75) is 12.5 Å². The van der Waals surface area contributed by atoms with Crippen molar-refractivity contribution in [1.29, 1.82) is 0 Å². The van der Waals surface area contributed by atoms with Crippen molar-refractivity contribution in [3.63, 3.8) is 0 Å². The molecule has 0 aliphatic rings. The Labute approximate surface area is 256 Å². The van der Waals surface area contributed by atoms with Crippen LogP contribution in [0.3, 0.4) is 0 Å². The van der Waals surface area contributed by atoms with Crippen LogP contribution < -0.4 is 16.2 Å². The largest absolute Gasteiger partial charge is 0.453 e. The molecule has 0 aliphatic carbocycles. The van der Waals surface area contributed by atoms with Crippen LogP contribution in [0.4, 0.5) is 10.5 Å². The molecule has 0 aliphatic heterocycles. The van der Waals surface area contributed by atoms with Gasteiger partial charge < -0.3 is 10.1 Å². The van der Waals surface area contributed by atoms with Gasteiger partial charge in [0, 0.05) is 29.4 Å². The average Bonchev–Trinajstić information content (AvgIpc) is 3.57. The Bertz CT molecular complexity index is 1860. The van der Waals surface area contributed by atoms with Gasteiger partial charge in [-0.3, -0.25) is 14.9 Å².